The first-order chi connectivity index (χ1) is 34.0. The van der Waals surface area contributed by atoms with Gasteiger partial charge in [0, 0.05) is 33.5 Å². The minimum Gasteiger partial charge on any atom is -0.310 e. The van der Waals surface area contributed by atoms with Crippen LogP contribution in [-0.2, 0) is 0 Å². The van der Waals surface area contributed by atoms with Crippen molar-refractivity contribution in [2.24, 2.45) is 0 Å². The van der Waals surface area contributed by atoms with Crippen LogP contribution in [-0.4, -0.2) is 4.57 Å². The molecule has 0 unspecified atom stereocenters. The van der Waals surface area contributed by atoms with E-state index in [9.17, 15) is 0 Å². The van der Waals surface area contributed by atoms with Gasteiger partial charge in [0.15, 0.2) is 0 Å². The summed E-state index contributed by atoms with van der Waals surface area (Å²) in [4.78, 5) is 2.43. The van der Waals surface area contributed by atoms with Crippen molar-refractivity contribution in [3.05, 3.63) is 295 Å². The standard InChI is InChI=1S/C67H52N2/c1-5-8-21-46(4)51-26-18-27-52(42-51)48-32-35-54(36-33-48)68(57-39-41-65-62(44-57)60-29-16-17-31-64(60)69(65)55-37-34-47-22-12-13-25-53(47)43-55)56-38-40-59-58-28-14-15-30-61(58)67(63(59)45-56)66(49(19-6-2)20-7-3)50-23-10-9-11-24-50/h5-17,19-25,27-45H,1-2,4,18,26H2,3H3/b20-7-,21-8-,49-19+,67-66-. The van der Waals surface area contributed by atoms with E-state index in [0.717, 1.165) is 57.8 Å². The van der Waals surface area contributed by atoms with E-state index in [1.807, 2.05) is 18.2 Å². The molecule has 0 saturated heterocycles. The zero-order valence-electron chi connectivity index (χ0n) is 38.9. The van der Waals surface area contributed by atoms with Crippen molar-refractivity contribution in [1.29, 1.82) is 0 Å². The maximum atomic E-state index is 4.37. The third kappa shape index (κ3) is 7.86. The van der Waals surface area contributed by atoms with Crippen LogP contribution in [0.3, 0.4) is 0 Å². The van der Waals surface area contributed by atoms with E-state index in [1.165, 1.54) is 77.2 Å². The summed E-state index contributed by atoms with van der Waals surface area (Å²) in [6, 6.07) is 66.9. The first-order valence-corrected chi connectivity index (χ1v) is 23.8. The van der Waals surface area contributed by atoms with E-state index >= 15 is 0 Å². The third-order valence-electron chi connectivity index (χ3n) is 13.6. The summed E-state index contributed by atoms with van der Waals surface area (Å²) in [5.41, 5.74) is 20.9. The van der Waals surface area contributed by atoms with Crippen LogP contribution in [0, 0.1) is 0 Å². The Morgan fingerprint density at radius 1 is 0.580 bits per heavy atom. The highest BCUT2D eigenvalue weighted by atomic mass is 15.1. The number of nitrogens with zero attached hydrogens (tertiary/aromatic N) is 2. The minimum atomic E-state index is 0.971. The predicted octanol–water partition coefficient (Wildman–Crippen LogP) is 18.4. The summed E-state index contributed by atoms with van der Waals surface area (Å²) >= 11 is 0. The second kappa shape index (κ2) is 18.5. The first kappa shape index (κ1) is 42.9. The van der Waals surface area contributed by atoms with Gasteiger partial charge in [-0.1, -0.05) is 196 Å². The van der Waals surface area contributed by atoms with Gasteiger partial charge in [-0.25, -0.2) is 0 Å². The van der Waals surface area contributed by atoms with Crippen LogP contribution in [0.15, 0.2) is 273 Å². The summed E-state index contributed by atoms with van der Waals surface area (Å²) in [7, 11) is 0. The lowest BCUT2D eigenvalue weighted by Crippen LogP contribution is -2.10. The average Bonchev–Trinajstić information content (AvgIpc) is 3.91. The van der Waals surface area contributed by atoms with Crippen LogP contribution in [0.25, 0.3) is 66.1 Å². The zero-order chi connectivity index (χ0) is 46.8. The molecule has 2 aliphatic carbocycles. The summed E-state index contributed by atoms with van der Waals surface area (Å²) in [5, 5.41) is 4.86. The van der Waals surface area contributed by atoms with E-state index in [2.05, 4.69) is 248 Å². The van der Waals surface area contributed by atoms with Gasteiger partial charge in [0.1, 0.15) is 0 Å². The smallest absolute Gasteiger partial charge is 0.0542 e. The highest BCUT2D eigenvalue weighted by molar-refractivity contribution is 6.15. The topological polar surface area (TPSA) is 8.17 Å². The molecule has 0 aliphatic heterocycles. The Kier molecular flexibility index (Phi) is 11.5. The number of benzene rings is 8. The molecule has 0 atom stereocenters. The number of aromatic nitrogens is 1. The fourth-order valence-electron chi connectivity index (χ4n) is 10.4. The highest BCUT2D eigenvalue weighted by Crippen LogP contribution is 2.51. The van der Waals surface area contributed by atoms with E-state index in [1.54, 1.807) is 6.08 Å². The Hall–Kier alpha value is -8.72. The van der Waals surface area contributed by atoms with Gasteiger partial charge < -0.3 is 9.47 Å². The maximum Gasteiger partial charge on any atom is 0.0542 e. The molecule has 0 radical (unpaired) electrons. The van der Waals surface area contributed by atoms with Crippen LogP contribution in [0.1, 0.15) is 42.0 Å². The van der Waals surface area contributed by atoms with Gasteiger partial charge in [0.05, 0.1) is 11.0 Å². The van der Waals surface area contributed by atoms with Crippen LogP contribution >= 0.6 is 0 Å². The van der Waals surface area contributed by atoms with Gasteiger partial charge in [-0.3, -0.25) is 0 Å². The fourth-order valence-corrected chi connectivity index (χ4v) is 10.4. The molecule has 0 fully saturated rings. The van der Waals surface area contributed by atoms with E-state index in [4.69, 9.17) is 0 Å². The van der Waals surface area contributed by atoms with E-state index in [0.29, 0.717) is 0 Å². The van der Waals surface area contributed by atoms with Gasteiger partial charge in [0.25, 0.3) is 0 Å². The average molecular weight is 885 g/mol. The molecule has 0 spiro atoms. The SMILES string of the molecule is C=C/C=C\C(=C)C1=CC(c2ccc(N(c3ccc4c(c3)/C(=C(C(/C=C\C)=C/C=C)\c3ccccc3)c3ccccc3-4)c3ccc4c(c3)c3ccccc3n4-c3ccc4ccccc4c3)cc2)=CCC1. The molecule has 2 heteroatoms. The van der Waals surface area contributed by atoms with Gasteiger partial charge in [-0.15, -0.1) is 0 Å². The summed E-state index contributed by atoms with van der Waals surface area (Å²) in [6.07, 6.45) is 20.7. The van der Waals surface area contributed by atoms with E-state index in [-0.39, 0.29) is 0 Å². The lowest BCUT2D eigenvalue weighted by molar-refractivity contribution is 0.983. The lowest BCUT2D eigenvalue weighted by atomic mass is 9.87. The Labute approximate surface area is 405 Å². The molecule has 1 aromatic heterocycles. The molecule has 0 bridgehead atoms. The van der Waals surface area contributed by atoms with Crippen molar-refractivity contribution >= 4 is 66.4 Å². The summed E-state index contributed by atoms with van der Waals surface area (Å²) in [5.74, 6) is 0. The monoisotopic (exact) mass is 884 g/mol. The Morgan fingerprint density at radius 3 is 2.09 bits per heavy atom. The normalized spacial score (nSPS) is 14.2. The number of fused-ring (bicyclic) bond motifs is 7. The van der Waals surface area contributed by atoms with E-state index < -0.39 is 0 Å². The van der Waals surface area contributed by atoms with Crippen molar-refractivity contribution in [3.8, 4) is 16.8 Å². The molecule has 11 rings (SSSR count). The molecule has 2 nitrogen and oxygen atoms in total. The Balaban J connectivity index is 1.12. The maximum absolute atomic E-state index is 4.37. The van der Waals surface area contributed by atoms with Crippen LogP contribution < -0.4 is 4.90 Å². The molecule has 8 aromatic carbocycles. The van der Waals surface area contributed by atoms with Crippen molar-refractivity contribution in [3.63, 3.8) is 0 Å². The number of hydrogen-bond acceptors (Lipinski definition) is 1. The first-order valence-electron chi connectivity index (χ1n) is 23.8. The molecule has 1 heterocycles. The largest absolute Gasteiger partial charge is 0.310 e. The van der Waals surface area contributed by atoms with Crippen LogP contribution in [0.5, 0.6) is 0 Å². The molecule has 0 amide bonds. The number of para-hydroxylation sites is 1. The predicted molar refractivity (Wildman–Crippen MR) is 298 cm³/mol. The Morgan fingerprint density at radius 2 is 1.28 bits per heavy atom. The second-order valence-corrected chi connectivity index (χ2v) is 17.7. The van der Waals surface area contributed by atoms with Crippen molar-refractivity contribution in [2.45, 2.75) is 19.8 Å². The van der Waals surface area contributed by atoms with Crippen LogP contribution in [0.4, 0.5) is 17.1 Å². The Bertz CT molecular complexity index is 3710. The summed E-state index contributed by atoms with van der Waals surface area (Å²) in [6.45, 7) is 14.5. The van der Waals surface area contributed by atoms with Gasteiger partial charge in [-0.2, -0.15) is 0 Å². The second-order valence-electron chi connectivity index (χ2n) is 17.7. The van der Waals surface area contributed by atoms with Gasteiger partial charge in [0.2, 0.25) is 0 Å². The highest BCUT2D eigenvalue weighted by Gasteiger charge is 2.29. The number of allylic oxidation sites excluding steroid dienone is 14. The molecule has 0 saturated carbocycles. The van der Waals surface area contributed by atoms with Gasteiger partial charge >= 0.3 is 0 Å². The molecule has 9 aromatic rings. The van der Waals surface area contributed by atoms with Crippen LogP contribution in [0.2, 0.25) is 0 Å². The number of rotatable bonds is 12. The summed E-state index contributed by atoms with van der Waals surface area (Å²) < 4.78 is 2.41. The molecule has 2 aliphatic rings. The third-order valence-corrected chi connectivity index (χ3v) is 13.6. The lowest BCUT2D eigenvalue weighted by Gasteiger charge is -2.27. The fraction of sp³-hybridized carbons (Fsp3) is 0.0448. The number of anilines is 3. The molecule has 0 N–H and O–H groups in total. The molecular formula is C67H52N2. The molecule has 330 valence electrons. The quantitative estimate of drug-likeness (QED) is 0.111. The van der Waals surface area contributed by atoms with Crippen molar-refractivity contribution in [2.75, 3.05) is 4.90 Å². The van der Waals surface area contributed by atoms with Crippen molar-refractivity contribution < 1.29 is 0 Å². The molecular weight excluding hydrogens is 833 g/mol. The van der Waals surface area contributed by atoms with Gasteiger partial charge in [-0.05, 0) is 158 Å². The van der Waals surface area contributed by atoms with Crippen molar-refractivity contribution in [1.82, 2.24) is 4.57 Å². The molecule has 69 heavy (non-hydrogen) atoms. The zero-order valence-corrected chi connectivity index (χ0v) is 38.9. The number of hydrogen-bond donors (Lipinski definition) is 0. The minimum absolute atomic E-state index is 0.971.